The van der Waals surface area contributed by atoms with Gasteiger partial charge in [0.15, 0.2) is 0 Å². The predicted octanol–water partition coefficient (Wildman–Crippen LogP) is 4.23. The van der Waals surface area contributed by atoms with Crippen LogP contribution in [-0.4, -0.2) is 10.8 Å². The summed E-state index contributed by atoms with van der Waals surface area (Å²) in [5.41, 5.74) is 1.42. The summed E-state index contributed by atoms with van der Waals surface area (Å²) in [5.74, 6) is -0.306. The van der Waals surface area contributed by atoms with Gasteiger partial charge >= 0.3 is 0 Å². The van der Waals surface area contributed by atoms with Crippen LogP contribution in [0.3, 0.4) is 0 Å². The Bertz CT molecular complexity index is 758. The van der Waals surface area contributed by atoms with Crippen molar-refractivity contribution in [2.45, 2.75) is 6.54 Å². The summed E-state index contributed by atoms with van der Waals surface area (Å²) in [6.45, 7) is 0.268. The topological polar surface area (TPSA) is 72.2 Å². The number of nitrogens with zero attached hydrogens (tertiary/aromatic N) is 1. The van der Waals surface area contributed by atoms with Gasteiger partial charge in [-0.2, -0.15) is 0 Å². The molecule has 0 saturated heterocycles. The molecule has 0 bridgehead atoms. The lowest BCUT2D eigenvalue weighted by Gasteiger charge is -2.03. The summed E-state index contributed by atoms with van der Waals surface area (Å²) in [5, 5.41) is 14.0. The van der Waals surface area contributed by atoms with Crippen LogP contribution in [0.1, 0.15) is 11.1 Å². The molecule has 5 nitrogen and oxygen atoms in total. The van der Waals surface area contributed by atoms with Crippen molar-refractivity contribution in [1.29, 1.82) is 0 Å². The third-order valence-corrected chi connectivity index (χ3v) is 3.84. The van der Waals surface area contributed by atoms with E-state index < -0.39 is 4.92 Å². The van der Waals surface area contributed by atoms with Crippen LogP contribution in [-0.2, 0) is 11.3 Å². The molecular formula is C16H12Cl2N2O3. The number of hydrogen-bond acceptors (Lipinski definition) is 3. The molecule has 0 aromatic heterocycles. The number of halogens is 2. The Morgan fingerprint density at radius 3 is 2.52 bits per heavy atom. The van der Waals surface area contributed by atoms with Crippen molar-refractivity contribution in [1.82, 2.24) is 5.32 Å². The largest absolute Gasteiger partial charge is 0.348 e. The molecule has 2 aromatic rings. The van der Waals surface area contributed by atoms with E-state index in [2.05, 4.69) is 5.32 Å². The van der Waals surface area contributed by atoms with Crippen LogP contribution < -0.4 is 5.32 Å². The van der Waals surface area contributed by atoms with E-state index in [1.807, 2.05) is 0 Å². The first-order chi connectivity index (χ1) is 11.0. The molecule has 0 atom stereocenters. The van der Waals surface area contributed by atoms with Crippen molar-refractivity contribution in [3.63, 3.8) is 0 Å². The number of amides is 1. The fourth-order valence-electron chi connectivity index (χ4n) is 1.80. The molecule has 7 heteroatoms. The van der Waals surface area contributed by atoms with E-state index in [1.165, 1.54) is 18.2 Å². The van der Waals surface area contributed by atoms with Crippen LogP contribution in [0.25, 0.3) is 6.08 Å². The van der Waals surface area contributed by atoms with Gasteiger partial charge < -0.3 is 5.32 Å². The first-order valence-corrected chi connectivity index (χ1v) is 7.36. The number of nitro benzene ring substituents is 1. The number of carbonyl (C=O) groups excluding carboxylic acids is 1. The van der Waals surface area contributed by atoms with Gasteiger partial charge in [0.05, 0.1) is 15.0 Å². The van der Waals surface area contributed by atoms with Crippen LogP contribution >= 0.6 is 23.2 Å². The third kappa shape index (κ3) is 4.81. The van der Waals surface area contributed by atoms with Crippen LogP contribution in [0.15, 0.2) is 48.5 Å². The normalized spacial score (nSPS) is 10.7. The maximum Gasteiger partial charge on any atom is 0.269 e. The molecule has 2 aromatic carbocycles. The van der Waals surface area contributed by atoms with Crippen molar-refractivity contribution in [3.05, 3.63) is 79.8 Å². The second-order valence-corrected chi connectivity index (χ2v) is 5.40. The molecule has 23 heavy (non-hydrogen) atoms. The average molecular weight is 351 g/mol. The van der Waals surface area contributed by atoms with E-state index in [1.54, 1.807) is 36.4 Å². The van der Waals surface area contributed by atoms with E-state index >= 15 is 0 Å². The SMILES string of the molecule is O=C(/C=C/c1cccc(Cl)c1Cl)NCc1ccc([N+](=O)[O-])cc1. The Kier molecular flexibility index (Phi) is 5.73. The highest BCUT2D eigenvalue weighted by atomic mass is 35.5. The van der Waals surface area contributed by atoms with Crippen LogP contribution in [0, 0.1) is 10.1 Å². The van der Waals surface area contributed by atoms with Crippen molar-refractivity contribution >= 4 is 40.9 Å². The fraction of sp³-hybridized carbons (Fsp3) is 0.0625. The zero-order chi connectivity index (χ0) is 16.8. The molecule has 0 spiro atoms. The van der Waals surface area contributed by atoms with Gasteiger partial charge in [-0.15, -0.1) is 0 Å². The highest BCUT2D eigenvalue weighted by Gasteiger charge is 2.05. The predicted molar refractivity (Wildman–Crippen MR) is 90.4 cm³/mol. The van der Waals surface area contributed by atoms with Crippen LogP contribution in [0.5, 0.6) is 0 Å². The van der Waals surface area contributed by atoms with Crippen molar-refractivity contribution in [2.75, 3.05) is 0 Å². The molecule has 0 radical (unpaired) electrons. The van der Waals surface area contributed by atoms with E-state index in [0.717, 1.165) is 5.56 Å². The van der Waals surface area contributed by atoms with Gasteiger partial charge in [-0.05, 0) is 23.3 Å². The lowest BCUT2D eigenvalue weighted by atomic mass is 10.2. The molecule has 0 aliphatic heterocycles. The summed E-state index contributed by atoms with van der Waals surface area (Å²) >= 11 is 11.9. The molecule has 0 unspecified atom stereocenters. The zero-order valence-corrected chi connectivity index (χ0v) is 13.3. The summed E-state index contributed by atoms with van der Waals surface area (Å²) in [6.07, 6.45) is 2.92. The maximum atomic E-state index is 11.8. The van der Waals surface area contributed by atoms with Gasteiger partial charge in [0.1, 0.15) is 0 Å². The minimum Gasteiger partial charge on any atom is -0.348 e. The Labute approximate surface area is 142 Å². The Morgan fingerprint density at radius 1 is 1.17 bits per heavy atom. The van der Waals surface area contributed by atoms with Gasteiger partial charge in [0.2, 0.25) is 5.91 Å². The van der Waals surface area contributed by atoms with Gasteiger partial charge in [0.25, 0.3) is 5.69 Å². The number of hydrogen-bond donors (Lipinski definition) is 1. The number of carbonyl (C=O) groups is 1. The number of non-ortho nitro benzene ring substituents is 1. The first kappa shape index (κ1) is 17.0. The number of rotatable bonds is 5. The summed E-state index contributed by atoms with van der Waals surface area (Å²) in [4.78, 5) is 21.9. The summed E-state index contributed by atoms with van der Waals surface area (Å²) < 4.78 is 0. The molecule has 1 N–H and O–H groups in total. The maximum absolute atomic E-state index is 11.8. The lowest BCUT2D eigenvalue weighted by Crippen LogP contribution is -2.20. The molecule has 2 rings (SSSR count). The molecule has 0 aliphatic rings. The van der Waals surface area contributed by atoms with Gasteiger partial charge in [0, 0.05) is 24.8 Å². The summed E-state index contributed by atoms with van der Waals surface area (Å²) in [6, 6.07) is 11.1. The Balaban J connectivity index is 1.93. The Morgan fingerprint density at radius 2 is 1.87 bits per heavy atom. The number of nitro groups is 1. The highest BCUT2D eigenvalue weighted by Crippen LogP contribution is 2.26. The fourth-order valence-corrected chi connectivity index (χ4v) is 2.17. The molecule has 118 valence electrons. The minimum absolute atomic E-state index is 0.00979. The molecule has 0 saturated carbocycles. The average Bonchev–Trinajstić information content (AvgIpc) is 2.54. The summed E-state index contributed by atoms with van der Waals surface area (Å²) in [7, 11) is 0. The molecule has 0 fully saturated rings. The zero-order valence-electron chi connectivity index (χ0n) is 11.8. The molecule has 0 heterocycles. The van der Waals surface area contributed by atoms with Gasteiger partial charge in [-0.3, -0.25) is 14.9 Å². The monoisotopic (exact) mass is 350 g/mol. The van der Waals surface area contributed by atoms with Gasteiger partial charge in [-0.1, -0.05) is 47.5 Å². The van der Waals surface area contributed by atoms with E-state index in [0.29, 0.717) is 15.6 Å². The van der Waals surface area contributed by atoms with E-state index in [-0.39, 0.29) is 18.1 Å². The smallest absolute Gasteiger partial charge is 0.269 e. The Hall–Kier alpha value is -2.37. The quantitative estimate of drug-likeness (QED) is 0.498. The number of benzene rings is 2. The van der Waals surface area contributed by atoms with Crippen molar-refractivity contribution in [3.8, 4) is 0 Å². The molecule has 1 amide bonds. The highest BCUT2D eigenvalue weighted by molar-refractivity contribution is 6.42. The lowest BCUT2D eigenvalue weighted by molar-refractivity contribution is -0.384. The van der Waals surface area contributed by atoms with Gasteiger partial charge in [-0.25, -0.2) is 0 Å². The van der Waals surface area contributed by atoms with Crippen molar-refractivity contribution < 1.29 is 9.72 Å². The molecule has 0 aliphatic carbocycles. The first-order valence-electron chi connectivity index (χ1n) is 6.60. The third-order valence-electron chi connectivity index (χ3n) is 3.01. The van der Waals surface area contributed by atoms with Crippen molar-refractivity contribution in [2.24, 2.45) is 0 Å². The van der Waals surface area contributed by atoms with Crippen LogP contribution in [0.2, 0.25) is 10.0 Å². The van der Waals surface area contributed by atoms with Crippen LogP contribution in [0.4, 0.5) is 5.69 Å². The second kappa shape index (κ2) is 7.76. The van der Waals surface area contributed by atoms with E-state index in [9.17, 15) is 14.9 Å². The standard InChI is InChI=1S/C16H12Cl2N2O3/c17-14-3-1-2-12(16(14)18)6-9-15(21)19-10-11-4-7-13(8-5-11)20(22)23/h1-9H,10H2,(H,19,21)/b9-6+. The minimum atomic E-state index is -0.472. The van der Waals surface area contributed by atoms with E-state index in [4.69, 9.17) is 23.2 Å². The molecular weight excluding hydrogens is 339 g/mol. The number of nitrogens with one attached hydrogen (secondary N) is 1. The second-order valence-electron chi connectivity index (χ2n) is 4.62.